The Balaban J connectivity index is 2.99. The van der Waals surface area contributed by atoms with Gasteiger partial charge in [0.05, 0.1) is 0 Å². The third-order valence-corrected chi connectivity index (χ3v) is 2.10. The fourth-order valence-corrected chi connectivity index (χ4v) is 1.28. The van der Waals surface area contributed by atoms with Gasteiger partial charge in [0.15, 0.2) is 0 Å². The topological polar surface area (TPSA) is 107 Å². The lowest BCUT2D eigenvalue weighted by molar-refractivity contribution is -0.125. The maximum absolute atomic E-state index is 11.3. The summed E-state index contributed by atoms with van der Waals surface area (Å²) in [5, 5.41) is 2.81. The molecule has 0 aromatic heterocycles. The number of nitrogens with one attached hydrogen (secondary N) is 1. The molecule has 0 radical (unpaired) electrons. The minimum atomic E-state index is -1.33. The van der Waals surface area contributed by atoms with E-state index in [1.807, 2.05) is 0 Å². The van der Waals surface area contributed by atoms with Crippen LogP contribution in [0.3, 0.4) is 0 Å². The quantitative estimate of drug-likeness (QED) is 0.300. The normalized spacial score (nSPS) is 43.0. The number of hydrogen-bond acceptors (Lipinski definition) is 5. The molecule has 0 spiro atoms. The zero-order valence-corrected chi connectivity index (χ0v) is 6.72. The van der Waals surface area contributed by atoms with Crippen molar-refractivity contribution in [3.05, 3.63) is 0 Å². The second-order valence-electron chi connectivity index (χ2n) is 3.33. The zero-order valence-electron chi connectivity index (χ0n) is 6.72. The molecule has 1 fully saturated rings. The van der Waals surface area contributed by atoms with Crippen LogP contribution in [0.5, 0.6) is 0 Å². The number of nitrogens with two attached hydrogens (primary N) is 3. The van der Waals surface area contributed by atoms with Gasteiger partial charge in [-0.25, -0.2) is 0 Å². The largest absolute Gasteiger partial charge is 0.307 e. The van der Waals surface area contributed by atoms with E-state index in [4.69, 9.17) is 17.2 Å². The summed E-state index contributed by atoms with van der Waals surface area (Å²) < 4.78 is 0. The van der Waals surface area contributed by atoms with E-state index in [0.29, 0.717) is 0 Å². The number of rotatable bonds is 0. The lowest BCUT2D eigenvalue weighted by atomic mass is 9.99. The molecule has 0 aromatic carbocycles. The van der Waals surface area contributed by atoms with Crippen molar-refractivity contribution in [2.45, 2.75) is 31.2 Å². The summed E-state index contributed by atoms with van der Waals surface area (Å²) in [6.07, 6.45) is 0. The second-order valence-corrected chi connectivity index (χ2v) is 3.33. The third kappa shape index (κ3) is 1.06. The molecule has 2 unspecified atom stereocenters. The van der Waals surface area contributed by atoms with Crippen molar-refractivity contribution < 1.29 is 4.79 Å². The monoisotopic (exact) mass is 158 g/mol. The first-order valence-corrected chi connectivity index (χ1v) is 3.47. The van der Waals surface area contributed by atoms with Crippen LogP contribution >= 0.6 is 0 Å². The molecule has 0 bridgehead atoms. The van der Waals surface area contributed by atoms with Crippen LogP contribution in [0, 0.1) is 0 Å². The van der Waals surface area contributed by atoms with E-state index in [0.717, 1.165) is 0 Å². The second kappa shape index (κ2) is 2.01. The molecule has 5 nitrogen and oxygen atoms in total. The molecule has 0 aliphatic carbocycles. The maximum atomic E-state index is 11.3. The molecular formula is C6H14N4O. The van der Waals surface area contributed by atoms with Gasteiger partial charge in [-0.1, -0.05) is 0 Å². The Hall–Kier alpha value is -0.490. The van der Waals surface area contributed by atoms with Crippen LogP contribution in [-0.4, -0.2) is 23.2 Å². The fourth-order valence-electron chi connectivity index (χ4n) is 1.28. The number of Topliss-reactive ketones (excluding diaryl/α,β-unsaturated/α-hetero) is 1. The van der Waals surface area contributed by atoms with E-state index in [2.05, 4.69) is 5.32 Å². The molecule has 5 heteroatoms. The Morgan fingerprint density at radius 2 is 1.91 bits per heavy atom. The number of carbonyl (C=O) groups excluding carboxylic acids is 1. The maximum Gasteiger partial charge on any atom is 0.202 e. The van der Waals surface area contributed by atoms with E-state index in [1.54, 1.807) is 13.8 Å². The summed E-state index contributed by atoms with van der Waals surface area (Å²) in [7, 11) is 0. The van der Waals surface area contributed by atoms with Crippen molar-refractivity contribution in [3.8, 4) is 0 Å². The fraction of sp³-hybridized carbons (Fsp3) is 0.833. The lowest BCUT2D eigenvalue weighted by Crippen LogP contribution is -2.62. The Labute approximate surface area is 65.3 Å². The molecule has 7 N–H and O–H groups in total. The predicted octanol–water partition coefficient (Wildman–Crippen LogP) is -2.16. The standard InChI is InChI=1S/C6H14N4O/c1-3-6(8,9)4(11)5(2,7)10-3/h3,10H,7-9H2,1-2H3. The predicted molar refractivity (Wildman–Crippen MR) is 41.3 cm³/mol. The SMILES string of the molecule is CC1NC(C)(N)C(=O)C1(N)N. The van der Waals surface area contributed by atoms with E-state index in [9.17, 15) is 4.79 Å². The van der Waals surface area contributed by atoms with Gasteiger partial charge in [0.2, 0.25) is 5.78 Å². The zero-order chi connectivity index (χ0) is 8.86. The molecule has 1 aliphatic rings. The molecule has 0 amide bonds. The van der Waals surface area contributed by atoms with E-state index >= 15 is 0 Å². The van der Waals surface area contributed by atoms with Crippen LogP contribution in [0.15, 0.2) is 0 Å². The van der Waals surface area contributed by atoms with E-state index < -0.39 is 11.3 Å². The molecule has 1 rings (SSSR count). The van der Waals surface area contributed by atoms with Crippen molar-refractivity contribution in [3.63, 3.8) is 0 Å². The van der Waals surface area contributed by atoms with Gasteiger partial charge in [-0.3, -0.25) is 10.1 Å². The Kier molecular flexibility index (Phi) is 1.57. The van der Waals surface area contributed by atoms with Crippen LogP contribution in [0.25, 0.3) is 0 Å². The summed E-state index contributed by atoms with van der Waals surface area (Å²) in [5.41, 5.74) is 14.2. The van der Waals surface area contributed by atoms with Crippen LogP contribution in [0.4, 0.5) is 0 Å². The molecule has 1 aliphatic heterocycles. The van der Waals surface area contributed by atoms with Crippen molar-refractivity contribution >= 4 is 5.78 Å². The number of hydrogen-bond donors (Lipinski definition) is 4. The highest BCUT2D eigenvalue weighted by Crippen LogP contribution is 2.18. The first kappa shape index (κ1) is 8.61. The van der Waals surface area contributed by atoms with Gasteiger partial charge >= 0.3 is 0 Å². The lowest BCUT2D eigenvalue weighted by Gasteiger charge is -2.20. The van der Waals surface area contributed by atoms with E-state index in [-0.39, 0.29) is 11.8 Å². The average Bonchev–Trinajstić information content (AvgIpc) is 1.94. The van der Waals surface area contributed by atoms with Crippen molar-refractivity contribution in [2.24, 2.45) is 17.2 Å². The molecular weight excluding hydrogens is 144 g/mol. The Morgan fingerprint density at radius 1 is 1.45 bits per heavy atom. The van der Waals surface area contributed by atoms with Gasteiger partial charge in [0.25, 0.3) is 0 Å². The first-order valence-electron chi connectivity index (χ1n) is 3.47. The van der Waals surface area contributed by atoms with Crippen LogP contribution in [-0.2, 0) is 4.79 Å². The van der Waals surface area contributed by atoms with E-state index in [1.165, 1.54) is 0 Å². The molecule has 1 saturated heterocycles. The minimum Gasteiger partial charge on any atom is -0.307 e. The highest BCUT2D eigenvalue weighted by atomic mass is 16.1. The highest BCUT2D eigenvalue weighted by molar-refractivity contribution is 5.98. The minimum absolute atomic E-state index is 0.287. The third-order valence-electron chi connectivity index (χ3n) is 2.10. The van der Waals surface area contributed by atoms with Gasteiger partial charge < -0.3 is 17.2 Å². The first-order chi connectivity index (χ1) is 4.78. The summed E-state index contributed by atoms with van der Waals surface area (Å²) >= 11 is 0. The van der Waals surface area contributed by atoms with Crippen LogP contribution in [0.1, 0.15) is 13.8 Å². The van der Waals surface area contributed by atoms with Gasteiger partial charge in [-0.15, -0.1) is 0 Å². The Morgan fingerprint density at radius 3 is 2.00 bits per heavy atom. The summed E-state index contributed by atoms with van der Waals surface area (Å²) in [4.78, 5) is 11.3. The molecule has 0 aromatic rings. The van der Waals surface area contributed by atoms with Crippen molar-refractivity contribution in [1.82, 2.24) is 5.32 Å². The Bertz CT molecular complexity index is 199. The van der Waals surface area contributed by atoms with Crippen LogP contribution < -0.4 is 22.5 Å². The van der Waals surface area contributed by atoms with Crippen molar-refractivity contribution in [2.75, 3.05) is 0 Å². The van der Waals surface area contributed by atoms with Gasteiger partial charge in [-0.2, -0.15) is 0 Å². The number of ketones is 1. The van der Waals surface area contributed by atoms with Crippen molar-refractivity contribution in [1.29, 1.82) is 0 Å². The molecule has 11 heavy (non-hydrogen) atoms. The summed E-state index contributed by atoms with van der Waals surface area (Å²) in [6.45, 7) is 3.29. The summed E-state index contributed by atoms with van der Waals surface area (Å²) in [5.74, 6) is -0.350. The van der Waals surface area contributed by atoms with Crippen LogP contribution in [0.2, 0.25) is 0 Å². The van der Waals surface area contributed by atoms with Gasteiger partial charge in [0.1, 0.15) is 11.3 Å². The molecule has 64 valence electrons. The molecule has 1 heterocycles. The average molecular weight is 158 g/mol. The molecule has 2 atom stereocenters. The van der Waals surface area contributed by atoms with Gasteiger partial charge in [0, 0.05) is 6.04 Å². The summed E-state index contributed by atoms with van der Waals surface area (Å²) in [6, 6.07) is -0.287. The smallest absolute Gasteiger partial charge is 0.202 e. The van der Waals surface area contributed by atoms with Gasteiger partial charge in [-0.05, 0) is 13.8 Å². The number of carbonyl (C=O) groups is 1. The highest BCUT2D eigenvalue weighted by Gasteiger charge is 2.52. The molecule has 0 saturated carbocycles.